The van der Waals surface area contributed by atoms with Crippen LogP contribution in [0, 0.1) is 20.8 Å². The molecular formula is C31H36N4O3S. The summed E-state index contributed by atoms with van der Waals surface area (Å²) in [7, 11) is 0. The SMILES string of the molecule is Cc1c(C)c2c(c(C)c1O)CCC(C)(C(=O)N1CCN(c3ccc(N=C(N)C4=CC=CCC4=S)cc3)CC1)O2. The molecule has 1 amide bonds. The average molecular weight is 545 g/mol. The highest BCUT2D eigenvalue weighted by Gasteiger charge is 2.43. The van der Waals surface area contributed by atoms with Crippen LogP contribution < -0.4 is 15.4 Å². The van der Waals surface area contributed by atoms with E-state index < -0.39 is 5.60 Å². The minimum Gasteiger partial charge on any atom is -0.507 e. The largest absolute Gasteiger partial charge is 0.507 e. The molecule has 39 heavy (non-hydrogen) atoms. The lowest BCUT2D eigenvalue weighted by Gasteiger charge is -2.42. The molecule has 0 bridgehead atoms. The number of hydrogen-bond donors (Lipinski definition) is 2. The molecule has 2 aromatic carbocycles. The van der Waals surface area contributed by atoms with Crippen molar-refractivity contribution in [1.82, 2.24) is 4.90 Å². The van der Waals surface area contributed by atoms with E-state index in [1.807, 2.05) is 75.1 Å². The third kappa shape index (κ3) is 5.05. The fraction of sp³-hybridized carbons (Fsp3) is 0.387. The summed E-state index contributed by atoms with van der Waals surface area (Å²) in [6.45, 7) is 10.4. The number of rotatable bonds is 4. The predicted octanol–water partition coefficient (Wildman–Crippen LogP) is 4.99. The van der Waals surface area contributed by atoms with Crippen LogP contribution in [0.5, 0.6) is 11.5 Å². The van der Waals surface area contributed by atoms with Crippen LogP contribution in [0.1, 0.15) is 42.0 Å². The van der Waals surface area contributed by atoms with Gasteiger partial charge in [0.25, 0.3) is 5.91 Å². The van der Waals surface area contributed by atoms with Gasteiger partial charge in [-0.1, -0.05) is 30.4 Å². The van der Waals surface area contributed by atoms with Crippen LogP contribution in [0.15, 0.2) is 53.1 Å². The highest BCUT2D eigenvalue weighted by atomic mass is 32.1. The summed E-state index contributed by atoms with van der Waals surface area (Å²) in [4.78, 5) is 23.2. The monoisotopic (exact) mass is 544 g/mol. The zero-order chi connectivity index (χ0) is 27.9. The Morgan fingerprint density at radius 3 is 2.44 bits per heavy atom. The first kappa shape index (κ1) is 26.9. The minimum absolute atomic E-state index is 0.0283. The summed E-state index contributed by atoms with van der Waals surface area (Å²) in [5, 5.41) is 10.5. The van der Waals surface area contributed by atoms with Crippen LogP contribution in [-0.4, -0.2) is 58.4 Å². The van der Waals surface area contributed by atoms with Crippen LogP contribution >= 0.6 is 12.2 Å². The Morgan fingerprint density at radius 1 is 1.08 bits per heavy atom. The van der Waals surface area contributed by atoms with Crippen molar-refractivity contribution in [3.05, 3.63) is 70.3 Å². The Hall–Kier alpha value is -3.65. The number of ether oxygens (including phenoxy) is 1. The molecule has 204 valence electrons. The number of phenols is 1. The lowest BCUT2D eigenvalue weighted by atomic mass is 9.86. The van der Waals surface area contributed by atoms with Crippen molar-refractivity contribution >= 4 is 40.2 Å². The first-order chi connectivity index (χ1) is 18.6. The van der Waals surface area contributed by atoms with E-state index in [1.54, 1.807) is 0 Å². The van der Waals surface area contributed by atoms with Crippen molar-refractivity contribution < 1.29 is 14.6 Å². The second-order valence-corrected chi connectivity index (χ2v) is 11.3. The first-order valence-corrected chi connectivity index (χ1v) is 13.9. The van der Waals surface area contributed by atoms with E-state index in [1.165, 1.54) is 0 Å². The number of amidine groups is 1. The molecule has 3 N–H and O–H groups in total. The van der Waals surface area contributed by atoms with Gasteiger partial charge in [0.1, 0.15) is 17.3 Å². The zero-order valence-electron chi connectivity index (χ0n) is 23.1. The molecule has 1 unspecified atom stereocenters. The Bertz CT molecular complexity index is 1420. The van der Waals surface area contributed by atoms with Crippen molar-refractivity contribution in [3.63, 3.8) is 0 Å². The zero-order valence-corrected chi connectivity index (χ0v) is 23.9. The highest BCUT2D eigenvalue weighted by molar-refractivity contribution is 7.81. The molecule has 1 atom stereocenters. The number of allylic oxidation sites excluding steroid dienone is 3. The molecule has 5 rings (SSSR count). The fourth-order valence-corrected chi connectivity index (χ4v) is 5.88. The quantitative estimate of drug-likeness (QED) is 0.320. The first-order valence-electron chi connectivity index (χ1n) is 13.5. The van der Waals surface area contributed by atoms with Gasteiger partial charge in [-0.2, -0.15) is 0 Å². The molecule has 0 saturated carbocycles. The number of phenolic OH excluding ortho intramolecular Hbond substituents is 1. The van der Waals surface area contributed by atoms with Gasteiger partial charge in [0, 0.05) is 60.7 Å². The lowest BCUT2D eigenvalue weighted by molar-refractivity contribution is -0.148. The van der Waals surface area contributed by atoms with Crippen LogP contribution in [0.4, 0.5) is 11.4 Å². The van der Waals surface area contributed by atoms with Gasteiger partial charge in [-0.05, 0) is 75.1 Å². The molecule has 8 heteroatoms. The molecule has 3 aliphatic rings. The summed E-state index contributed by atoms with van der Waals surface area (Å²) in [5.41, 5.74) is 11.6. The standard InChI is InChI=1S/C31H36N4O3S/c1-19-20(2)28-24(21(3)27(19)36)13-14-31(4,38-28)30(37)35-17-15-34(16-18-35)23-11-9-22(10-12-23)33-29(32)25-7-5-6-8-26(25)39/h5-7,9-12,36H,8,13-18H2,1-4H3,(H2,32,33). The Labute approximate surface area is 235 Å². The van der Waals surface area contributed by atoms with Gasteiger partial charge in [0.15, 0.2) is 5.60 Å². The predicted molar refractivity (Wildman–Crippen MR) is 161 cm³/mol. The maximum Gasteiger partial charge on any atom is 0.266 e. The number of carbonyl (C=O) groups excluding carboxylic acids is 1. The second-order valence-electron chi connectivity index (χ2n) is 10.8. The number of nitrogens with zero attached hydrogens (tertiary/aromatic N) is 3. The van der Waals surface area contributed by atoms with Crippen molar-refractivity contribution in [1.29, 1.82) is 0 Å². The molecule has 0 aromatic heterocycles. The molecule has 1 aliphatic carbocycles. The van der Waals surface area contributed by atoms with Crippen molar-refractivity contribution in [2.45, 2.75) is 52.6 Å². The molecular weight excluding hydrogens is 508 g/mol. The smallest absolute Gasteiger partial charge is 0.266 e. The minimum atomic E-state index is -0.915. The summed E-state index contributed by atoms with van der Waals surface area (Å²) < 4.78 is 6.43. The topological polar surface area (TPSA) is 91.4 Å². The van der Waals surface area contributed by atoms with Crippen LogP contribution in [0.2, 0.25) is 0 Å². The van der Waals surface area contributed by atoms with E-state index >= 15 is 0 Å². The number of hydrogen-bond acceptors (Lipinski definition) is 6. The number of nitrogens with two attached hydrogens (primary N) is 1. The molecule has 2 aliphatic heterocycles. The van der Waals surface area contributed by atoms with E-state index in [4.69, 9.17) is 22.7 Å². The number of aromatic hydroxyl groups is 1. The summed E-state index contributed by atoms with van der Waals surface area (Å²) in [6, 6.07) is 8.01. The van der Waals surface area contributed by atoms with Gasteiger partial charge in [-0.15, -0.1) is 0 Å². The molecule has 0 radical (unpaired) electrons. The summed E-state index contributed by atoms with van der Waals surface area (Å²) >= 11 is 5.41. The number of fused-ring (bicyclic) bond motifs is 1. The number of piperazine rings is 1. The van der Waals surface area contributed by atoms with Crippen molar-refractivity contribution in [2.75, 3.05) is 31.1 Å². The third-order valence-electron chi connectivity index (χ3n) is 8.28. The van der Waals surface area contributed by atoms with E-state index in [0.717, 1.165) is 62.9 Å². The molecule has 2 aromatic rings. The Morgan fingerprint density at radius 2 is 1.77 bits per heavy atom. The Balaban J connectivity index is 1.23. The van der Waals surface area contributed by atoms with Gasteiger partial charge >= 0.3 is 0 Å². The average Bonchev–Trinajstić information content (AvgIpc) is 2.95. The highest BCUT2D eigenvalue weighted by Crippen LogP contribution is 2.43. The molecule has 0 spiro atoms. The normalized spacial score (nSPS) is 21.4. The summed E-state index contributed by atoms with van der Waals surface area (Å²) in [5.74, 6) is 1.54. The van der Waals surface area contributed by atoms with E-state index in [-0.39, 0.29) is 5.91 Å². The second kappa shape index (κ2) is 10.5. The van der Waals surface area contributed by atoms with Gasteiger partial charge in [0.05, 0.1) is 5.69 Å². The Kier molecular flexibility index (Phi) is 7.25. The maximum atomic E-state index is 13.7. The fourth-order valence-electron chi connectivity index (χ4n) is 5.61. The van der Waals surface area contributed by atoms with E-state index in [0.29, 0.717) is 43.9 Å². The van der Waals surface area contributed by atoms with Crippen LogP contribution in [0.3, 0.4) is 0 Å². The maximum absolute atomic E-state index is 13.7. The number of benzene rings is 2. The van der Waals surface area contributed by atoms with E-state index in [9.17, 15) is 9.90 Å². The lowest BCUT2D eigenvalue weighted by Crippen LogP contribution is -2.57. The van der Waals surface area contributed by atoms with Crippen LogP contribution in [0.25, 0.3) is 0 Å². The molecule has 1 fully saturated rings. The number of carbonyl (C=O) groups is 1. The van der Waals surface area contributed by atoms with E-state index in [2.05, 4.69) is 9.89 Å². The third-order valence-corrected chi connectivity index (χ3v) is 8.67. The van der Waals surface area contributed by atoms with Gasteiger partial charge in [0.2, 0.25) is 0 Å². The number of anilines is 1. The van der Waals surface area contributed by atoms with Crippen molar-refractivity contribution in [2.24, 2.45) is 10.7 Å². The number of thiocarbonyl (C=S) groups is 1. The number of amides is 1. The van der Waals surface area contributed by atoms with Gasteiger partial charge in [-0.3, -0.25) is 4.79 Å². The van der Waals surface area contributed by atoms with Gasteiger partial charge < -0.3 is 25.4 Å². The van der Waals surface area contributed by atoms with Gasteiger partial charge in [-0.25, -0.2) is 4.99 Å². The van der Waals surface area contributed by atoms with Crippen molar-refractivity contribution in [3.8, 4) is 11.5 Å². The molecule has 1 saturated heterocycles. The van der Waals surface area contributed by atoms with Crippen LogP contribution in [-0.2, 0) is 11.2 Å². The molecule has 2 heterocycles. The summed E-state index contributed by atoms with van der Waals surface area (Å²) in [6.07, 6.45) is 7.88. The number of aliphatic imine (C=N–C) groups is 1. The molecule has 7 nitrogen and oxygen atoms in total.